The second kappa shape index (κ2) is 7.00. The van der Waals surface area contributed by atoms with Crippen molar-refractivity contribution in [2.24, 2.45) is 5.92 Å². The molecule has 0 aromatic carbocycles. The predicted octanol–water partition coefficient (Wildman–Crippen LogP) is 1.74. The van der Waals surface area contributed by atoms with Gasteiger partial charge in [-0.1, -0.05) is 12.8 Å². The van der Waals surface area contributed by atoms with E-state index in [4.69, 9.17) is 0 Å². The van der Waals surface area contributed by atoms with Crippen molar-refractivity contribution in [3.05, 3.63) is 35.2 Å². The molecule has 0 atom stereocenters. The van der Waals surface area contributed by atoms with E-state index < -0.39 is 0 Å². The molecule has 1 fully saturated rings. The summed E-state index contributed by atoms with van der Waals surface area (Å²) in [7, 11) is 0. The molecule has 1 saturated carbocycles. The molecule has 1 amide bonds. The molecule has 3 heterocycles. The van der Waals surface area contributed by atoms with Crippen molar-refractivity contribution in [2.45, 2.75) is 58.8 Å². The van der Waals surface area contributed by atoms with E-state index >= 15 is 0 Å². The molecule has 0 bridgehead atoms. The van der Waals surface area contributed by atoms with Crippen LogP contribution in [0.25, 0.3) is 0 Å². The number of fused-ring (bicyclic) bond motifs is 1. The Kier molecular flexibility index (Phi) is 4.57. The largest absolute Gasteiger partial charge is 0.350 e. The molecule has 7 heteroatoms. The second-order valence-corrected chi connectivity index (χ2v) is 7.27. The monoisotopic (exact) mass is 342 g/mol. The molecule has 2 aromatic rings. The molecule has 0 unspecified atom stereocenters. The third-order valence-electron chi connectivity index (χ3n) is 5.23. The molecule has 2 N–H and O–H groups in total. The van der Waals surface area contributed by atoms with E-state index in [1.807, 2.05) is 13.1 Å². The van der Waals surface area contributed by atoms with E-state index in [9.17, 15) is 4.79 Å². The standard InChI is InChI=1S/C18H26N6O/c1-13-9-19-17(21-13)12-23-6-7-24-16(11-23)8-15(22-24)10-20-18(25)14-4-2-3-5-14/h8-9,14H,2-7,10-12H2,1H3,(H,19,21)(H,20,25). The average molecular weight is 342 g/mol. The molecule has 7 nitrogen and oxygen atoms in total. The fourth-order valence-corrected chi connectivity index (χ4v) is 3.87. The van der Waals surface area contributed by atoms with Crippen LogP contribution in [-0.2, 0) is 31.0 Å². The van der Waals surface area contributed by atoms with Gasteiger partial charge in [0.25, 0.3) is 0 Å². The smallest absolute Gasteiger partial charge is 0.223 e. The predicted molar refractivity (Wildman–Crippen MR) is 93.5 cm³/mol. The number of H-pyrrole nitrogens is 1. The van der Waals surface area contributed by atoms with Crippen LogP contribution in [0.2, 0.25) is 0 Å². The molecule has 1 aliphatic heterocycles. The van der Waals surface area contributed by atoms with E-state index in [0.29, 0.717) is 6.54 Å². The molecular formula is C18H26N6O. The SMILES string of the molecule is Cc1cnc(CN2CCn3nc(CNC(=O)C4CCCC4)cc3C2)[nH]1. The number of rotatable bonds is 5. The lowest BCUT2D eigenvalue weighted by Gasteiger charge is -2.26. The average Bonchev–Trinajstić information content (AvgIpc) is 3.33. The zero-order chi connectivity index (χ0) is 17.2. The summed E-state index contributed by atoms with van der Waals surface area (Å²) in [5.41, 5.74) is 3.26. The van der Waals surface area contributed by atoms with Crippen LogP contribution in [0, 0.1) is 12.8 Å². The number of carbonyl (C=O) groups is 1. The molecule has 0 radical (unpaired) electrons. The summed E-state index contributed by atoms with van der Waals surface area (Å²) in [5, 5.41) is 7.71. The van der Waals surface area contributed by atoms with Crippen LogP contribution < -0.4 is 5.32 Å². The van der Waals surface area contributed by atoms with Gasteiger partial charge in [-0.3, -0.25) is 14.4 Å². The molecule has 2 aromatic heterocycles. The summed E-state index contributed by atoms with van der Waals surface area (Å²) in [6.07, 6.45) is 6.30. The van der Waals surface area contributed by atoms with Gasteiger partial charge in [-0.05, 0) is 25.8 Å². The first-order valence-corrected chi connectivity index (χ1v) is 9.23. The Morgan fingerprint density at radius 2 is 2.20 bits per heavy atom. The zero-order valence-corrected chi connectivity index (χ0v) is 14.8. The summed E-state index contributed by atoms with van der Waals surface area (Å²) in [5.74, 6) is 1.41. The van der Waals surface area contributed by atoms with Gasteiger partial charge in [0.1, 0.15) is 5.82 Å². The topological polar surface area (TPSA) is 78.8 Å². The maximum atomic E-state index is 12.2. The third kappa shape index (κ3) is 3.76. The van der Waals surface area contributed by atoms with Gasteiger partial charge in [0.15, 0.2) is 0 Å². The second-order valence-electron chi connectivity index (χ2n) is 7.27. The minimum Gasteiger partial charge on any atom is -0.350 e. The Labute approximate surface area is 147 Å². The van der Waals surface area contributed by atoms with Gasteiger partial charge in [0, 0.05) is 30.9 Å². The van der Waals surface area contributed by atoms with Crippen molar-refractivity contribution in [3.8, 4) is 0 Å². The summed E-state index contributed by atoms with van der Waals surface area (Å²) in [6, 6.07) is 2.12. The number of aromatic amines is 1. The number of hydrogen-bond donors (Lipinski definition) is 2. The van der Waals surface area contributed by atoms with Crippen molar-refractivity contribution < 1.29 is 4.79 Å². The van der Waals surface area contributed by atoms with E-state index in [0.717, 1.165) is 56.2 Å². The highest BCUT2D eigenvalue weighted by atomic mass is 16.1. The van der Waals surface area contributed by atoms with Gasteiger partial charge in [-0.2, -0.15) is 5.10 Å². The van der Waals surface area contributed by atoms with Crippen molar-refractivity contribution in [1.29, 1.82) is 0 Å². The number of amides is 1. The lowest BCUT2D eigenvalue weighted by Crippen LogP contribution is -2.33. The molecule has 0 spiro atoms. The highest BCUT2D eigenvalue weighted by Gasteiger charge is 2.23. The Morgan fingerprint density at radius 1 is 1.36 bits per heavy atom. The summed E-state index contributed by atoms with van der Waals surface area (Å²) in [6.45, 7) is 6.09. The van der Waals surface area contributed by atoms with Crippen LogP contribution in [0.1, 0.15) is 48.6 Å². The lowest BCUT2D eigenvalue weighted by molar-refractivity contribution is -0.124. The molecule has 2 aliphatic rings. The summed E-state index contributed by atoms with van der Waals surface area (Å²) >= 11 is 0. The highest BCUT2D eigenvalue weighted by molar-refractivity contribution is 5.78. The number of nitrogens with one attached hydrogen (secondary N) is 2. The number of imidazole rings is 1. The normalized spacial score (nSPS) is 18.4. The van der Waals surface area contributed by atoms with Gasteiger partial charge in [-0.25, -0.2) is 4.98 Å². The highest BCUT2D eigenvalue weighted by Crippen LogP contribution is 2.24. The number of aryl methyl sites for hydroxylation is 1. The molecule has 0 saturated heterocycles. The first kappa shape index (κ1) is 16.3. The van der Waals surface area contributed by atoms with Gasteiger partial charge < -0.3 is 10.3 Å². The quantitative estimate of drug-likeness (QED) is 0.867. The number of aromatic nitrogens is 4. The van der Waals surface area contributed by atoms with Crippen LogP contribution in [0.3, 0.4) is 0 Å². The van der Waals surface area contributed by atoms with Crippen molar-refractivity contribution in [2.75, 3.05) is 6.54 Å². The van der Waals surface area contributed by atoms with Crippen LogP contribution in [0.5, 0.6) is 0 Å². The van der Waals surface area contributed by atoms with Gasteiger partial charge >= 0.3 is 0 Å². The Balaban J connectivity index is 1.33. The summed E-state index contributed by atoms with van der Waals surface area (Å²) in [4.78, 5) is 22.2. The minimum atomic E-state index is 0.193. The van der Waals surface area contributed by atoms with Crippen LogP contribution in [0.4, 0.5) is 0 Å². The van der Waals surface area contributed by atoms with Crippen LogP contribution in [-0.4, -0.2) is 37.1 Å². The zero-order valence-electron chi connectivity index (χ0n) is 14.8. The molecular weight excluding hydrogens is 316 g/mol. The fourth-order valence-electron chi connectivity index (χ4n) is 3.87. The van der Waals surface area contributed by atoms with Crippen molar-refractivity contribution in [3.63, 3.8) is 0 Å². The molecule has 25 heavy (non-hydrogen) atoms. The van der Waals surface area contributed by atoms with Crippen LogP contribution in [0.15, 0.2) is 12.3 Å². The van der Waals surface area contributed by atoms with E-state index in [1.54, 1.807) is 0 Å². The Morgan fingerprint density at radius 3 is 2.96 bits per heavy atom. The summed E-state index contributed by atoms with van der Waals surface area (Å²) < 4.78 is 2.07. The van der Waals surface area contributed by atoms with E-state index in [1.165, 1.54) is 18.5 Å². The maximum absolute atomic E-state index is 12.2. The van der Waals surface area contributed by atoms with E-state index in [2.05, 4.69) is 36.0 Å². The number of nitrogens with zero attached hydrogens (tertiary/aromatic N) is 4. The Hall–Kier alpha value is -2.15. The van der Waals surface area contributed by atoms with Crippen molar-refractivity contribution >= 4 is 5.91 Å². The van der Waals surface area contributed by atoms with Crippen LogP contribution >= 0.6 is 0 Å². The molecule has 4 rings (SSSR count). The molecule has 1 aliphatic carbocycles. The Bertz CT molecular complexity index is 743. The third-order valence-corrected chi connectivity index (χ3v) is 5.23. The van der Waals surface area contributed by atoms with Gasteiger partial charge in [-0.15, -0.1) is 0 Å². The van der Waals surface area contributed by atoms with Gasteiger partial charge in [0.05, 0.1) is 31.0 Å². The first-order valence-electron chi connectivity index (χ1n) is 9.23. The first-order chi connectivity index (χ1) is 12.2. The molecule has 134 valence electrons. The van der Waals surface area contributed by atoms with Crippen molar-refractivity contribution in [1.82, 2.24) is 30.0 Å². The lowest BCUT2D eigenvalue weighted by atomic mass is 10.1. The fraction of sp³-hybridized carbons (Fsp3) is 0.611. The maximum Gasteiger partial charge on any atom is 0.223 e. The van der Waals surface area contributed by atoms with E-state index in [-0.39, 0.29) is 11.8 Å². The van der Waals surface area contributed by atoms with Gasteiger partial charge in [0.2, 0.25) is 5.91 Å². The number of carbonyl (C=O) groups excluding carboxylic acids is 1. The number of hydrogen-bond acceptors (Lipinski definition) is 4. The minimum absolute atomic E-state index is 0.193.